The van der Waals surface area contributed by atoms with E-state index in [4.69, 9.17) is 10.5 Å². The molecule has 0 aromatic carbocycles. The first kappa shape index (κ1) is 30.9. The van der Waals surface area contributed by atoms with Gasteiger partial charge in [0.25, 0.3) is 17.4 Å². The summed E-state index contributed by atoms with van der Waals surface area (Å²) in [6, 6.07) is 7.25. The first-order valence-corrected chi connectivity index (χ1v) is 13.3. The van der Waals surface area contributed by atoms with Gasteiger partial charge in [-0.25, -0.2) is 9.03 Å². The number of pyridine rings is 2. The Labute approximate surface area is 244 Å². The summed E-state index contributed by atoms with van der Waals surface area (Å²) >= 11 is 0. The Kier molecular flexibility index (Phi) is 7.86. The highest BCUT2D eigenvalue weighted by Crippen LogP contribution is 2.43. The summed E-state index contributed by atoms with van der Waals surface area (Å²) in [6.07, 6.45) is -6.46. The molecule has 0 radical (unpaired) electrons. The lowest BCUT2D eigenvalue weighted by atomic mass is 9.78. The van der Waals surface area contributed by atoms with Crippen LogP contribution < -0.4 is 20.5 Å². The van der Waals surface area contributed by atoms with E-state index in [1.165, 1.54) is 16.8 Å². The predicted octanol–water partition coefficient (Wildman–Crippen LogP) is 3.68. The number of alkyl halides is 6. The summed E-state index contributed by atoms with van der Waals surface area (Å²) in [4.78, 5) is 24.9. The molecule has 4 N–H and O–H groups in total. The molecule has 1 atom stereocenters. The number of nitrogens with two attached hydrogens (primary N) is 1. The Morgan fingerprint density at radius 1 is 1.09 bits per heavy atom. The van der Waals surface area contributed by atoms with Gasteiger partial charge in [0.2, 0.25) is 5.88 Å². The van der Waals surface area contributed by atoms with E-state index >= 15 is 0 Å². The maximum absolute atomic E-state index is 12.9. The average Bonchev–Trinajstić information content (AvgIpc) is 3.50. The summed E-state index contributed by atoms with van der Waals surface area (Å²) in [5, 5.41) is 20.3. The van der Waals surface area contributed by atoms with E-state index in [9.17, 15) is 41.0 Å². The van der Waals surface area contributed by atoms with Gasteiger partial charge in [-0.05, 0) is 56.4 Å². The van der Waals surface area contributed by atoms with Gasteiger partial charge < -0.3 is 25.6 Å². The van der Waals surface area contributed by atoms with Crippen LogP contribution in [-0.4, -0.2) is 72.9 Å². The molecule has 4 aromatic heterocycles. The van der Waals surface area contributed by atoms with Crippen molar-refractivity contribution in [2.24, 2.45) is 11.7 Å². The molecule has 0 unspecified atom stereocenters. The minimum atomic E-state index is -6.03. The van der Waals surface area contributed by atoms with E-state index < -0.39 is 42.1 Å². The van der Waals surface area contributed by atoms with Crippen molar-refractivity contribution < 1.29 is 50.5 Å². The second kappa shape index (κ2) is 11.2. The summed E-state index contributed by atoms with van der Waals surface area (Å²) in [6.45, 7) is -0.324. The van der Waals surface area contributed by atoms with Gasteiger partial charge in [-0.1, -0.05) is 6.07 Å². The van der Waals surface area contributed by atoms with Crippen molar-refractivity contribution in [2.75, 3.05) is 6.61 Å². The van der Waals surface area contributed by atoms with Crippen LogP contribution in [0, 0.1) is 5.92 Å². The highest BCUT2D eigenvalue weighted by atomic mass is 19.4. The highest BCUT2D eigenvalue weighted by molar-refractivity contribution is 6.02. The topological polar surface area (TPSA) is 145 Å². The number of amides is 2. The van der Waals surface area contributed by atoms with Crippen LogP contribution in [0.5, 0.6) is 11.6 Å². The molecule has 1 fully saturated rings. The number of aliphatic hydroxyl groups is 1. The SMILES string of the molecule is C[C@@H](CC1CC(Oc2nn3ccccc3c2C(N)=O)C1)NC(=O)c1cnn2cc(OCC(O)(C(F)(F)F)C(F)(F)F)ccc12. The van der Waals surface area contributed by atoms with Crippen LogP contribution in [-0.2, 0) is 0 Å². The number of halogens is 6. The Balaban J connectivity index is 1.15. The molecule has 17 heteroatoms. The summed E-state index contributed by atoms with van der Waals surface area (Å²) < 4.78 is 90.6. The zero-order valence-electron chi connectivity index (χ0n) is 22.9. The molecule has 0 aliphatic heterocycles. The quantitative estimate of drug-likeness (QED) is 0.227. The number of carbonyl (C=O) groups is 2. The summed E-state index contributed by atoms with van der Waals surface area (Å²) in [7, 11) is 0. The lowest BCUT2D eigenvalue weighted by molar-refractivity contribution is -0.373. The van der Waals surface area contributed by atoms with E-state index in [1.807, 2.05) is 0 Å². The van der Waals surface area contributed by atoms with Crippen molar-refractivity contribution in [1.29, 1.82) is 0 Å². The number of primary amides is 1. The molecule has 1 aliphatic carbocycles. The maximum Gasteiger partial charge on any atom is 0.429 e. The zero-order valence-corrected chi connectivity index (χ0v) is 22.9. The van der Waals surface area contributed by atoms with Crippen molar-refractivity contribution in [1.82, 2.24) is 24.5 Å². The van der Waals surface area contributed by atoms with Crippen LogP contribution in [0.15, 0.2) is 48.9 Å². The largest absolute Gasteiger partial charge is 0.488 e. The second-order valence-electron chi connectivity index (χ2n) is 10.7. The molecule has 0 spiro atoms. The van der Waals surface area contributed by atoms with Gasteiger partial charge >= 0.3 is 12.4 Å². The fraction of sp³-hybridized carbons (Fsp3) is 0.407. The van der Waals surface area contributed by atoms with Crippen LogP contribution in [0.25, 0.3) is 11.0 Å². The van der Waals surface area contributed by atoms with Crippen LogP contribution in [0.3, 0.4) is 0 Å². The van der Waals surface area contributed by atoms with Crippen LogP contribution >= 0.6 is 0 Å². The number of ether oxygens (including phenoxy) is 2. The lowest BCUT2D eigenvalue weighted by Crippen LogP contribution is -2.60. The van der Waals surface area contributed by atoms with Crippen LogP contribution in [0.4, 0.5) is 26.3 Å². The average molecular weight is 629 g/mol. The van der Waals surface area contributed by atoms with Gasteiger partial charge in [-0.15, -0.1) is 5.10 Å². The van der Waals surface area contributed by atoms with Gasteiger partial charge in [-0.3, -0.25) is 9.59 Å². The van der Waals surface area contributed by atoms with Crippen LogP contribution in [0.2, 0.25) is 0 Å². The van der Waals surface area contributed by atoms with Gasteiger partial charge in [-0.2, -0.15) is 31.4 Å². The summed E-state index contributed by atoms with van der Waals surface area (Å²) in [5.41, 5.74) is 1.53. The first-order valence-electron chi connectivity index (χ1n) is 13.3. The van der Waals surface area contributed by atoms with E-state index in [1.54, 1.807) is 31.3 Å². The molecule has 11 nitrogen and oxygen atoms in total. The monoisotopic (exact) mass is 628 g/mol. The normalized spacial score (nSPS) is 18.2. The number of hydrogen-bond donors (Lipinski definition) is 3. The number of nitrogens with one attached hydrogen (secondary N) is 1. The molecule has 5 rings (SSSR count). The van der Waals surface area contributed by atoms with E-state index in [0.29, 0.717) is 24.8 Å². The first-order chi connectivity index (χ1) is 20.6. The third-order valence-corrected chi connectivity index (χ3v) is 7.41. The minimum absolute atomic E-state index is 0.117. The van der Waals surface area contributed by atoms with E-state index in [2.05, 4.69) is 20.3 Å². The fourth-order valence-electron chi connectivity index (χ4n) is 5.01. The molecule has 4 heterocycles. The Bertz CT molecular complexity index is 1680. The van der Waals surface area contributed by atoms with Crippen molar-refractivity contribution in [3.63, 3.8) is 0 Å². The molecular formula is C27H26F6N6O5. The molecule has 0 bridgehead atoms. The maximum atomic E-state index is 12.9. The second-order valence-corrected chi connectivity index (χ2v) is 10.7. The number of nitrogens with zero attached hydrogens (tertiary/aromatic N) is 4. The standard InChI is InChI=1S/C27H26F6N6O5/c1-14(8-15-9-17(10-15)44-24-21(22(34)40)20-4-2-3-7-38(20)37-24)36-23(41)18-11-35-39-12-16(5-6-19(18)39)43-13-25(42,26(28,29)30)27(31,32)33/h2-7,11-12,14-15,17,42H,8-10,13H2,1H3,(H2,34,40)(H,36,41)/t14-,15?,17?/m0/s1. The third-order valence-electron chi connectivity index (χ3n) is 7.41. The summed E-state index contributed by atoms with van der Waals surface area (Å²) in [5.74, 6) is -1.22. The molecule has 1 saturated carbocycles. The molecule has 236 valence electrons. The number of hydrogen-bond acceptors (Lipinski definition) is 7. The molecule has 2 amide bonds. The Morgan fingerprint density at radius 3 is 2.45 bits per heavy atom. The number of rotatable bonds is 10. The number of carbonyl (C=O) groups excluding carboxylic acids is 2. The zero-order chi connectivity index (χ0) is 32.0. The third kappa shape index (κ3) is 5.82. The van der Waals surface area contributed by atoms with Crippen molar-refractivity contribution >= 4 is 22.8 Å². The Hall–Kier alpha value is -4.54. The van der Waals surface area contributed by atoms with Crippen molar-refractivity contribution in [3.05, 3.63) is 60.0 Å². The van der Waals surface area contributed by atoms with Crippen molar-refractivity contribution in [3.8, 4) is 11.6 Å². The number of fused-ring (bicyclic) bond motifs is 2. The smallest absolute Gasteiger partial charge is 0.429 e. The lowest BCUT2D eigenvalue weighted by Gasteiger charge is -2.36. The molecule has 4 aromatic rings. The number of aromatic nitrogens is 4. The highest BCUT2D eigenvalue weighted by Gasteiger charge is 2.71. The van der Waals surface area contributed by atoms with Gasteiger partial charge in [0, 0.05) is 12.2 Å². The van der Waals surface area contributed by atoms with Gasteiger partial charge in [0.05, 0.1) is 29.0 Å². The van der Waals surface area contributed by atoms with E-state index in [0.717, 1.165) is 16.8 Å². The fourth-order valence-corrected chi connectivity index (χ4v) is 5.01. The van der Waals surface area contributed by atoms with Crippen molar-refractivity contribution in [2.45, 2.75) is 56.3 Å². The van der Waals surface area contributed by atoms with E-state index in [-0.39, 0.29) is 40.6 Å². The molecule has 44 heavy (non-hydrogen) atoms. The molecular weight excluding hydrogens is 602 g/mol. The Morgan fingerprint density at radius 2 is 1.80 bits per heavy atom. The minimum Gasteiger partial charge on any atom is -0.488 e. The predicted molar refractivity (Wildman–Crippen MR) is 140 cm³/mol. The molecule has 1 aliphatic rings. The molecule has 0 saturated heterocycles. The van der Waals surface area contributed by atoms with Crippen LogP contribution in [0.1, 0.15) is 46.9 Å². The van der Waals surface area contributed by atoms with Gasteiger partial charge in [0.1, 0.15) is 24.0 Å². The van der Waals surface area contributed by atoms with Gasteiger partial charge in [0.15, 0.2) is 0 Å².